The highest BCUT2D eigenvalue weighted by molar-refractivity contribution is 5.13. The van der Waals surface area contributed by atoms with Gasteiger partial charge in [-0.1, -0.05) is 56.0 Å². The van der Waals surface area contributed by atoms with Gasteiger partial charge in [0.25, 0.3) is 0 Å². The Balaban J connectivity index is 1.73. The fourth-order valence-electron chi connectivity index (χ4n) is 2.68. The highest BCUT2D eigenvalue weighted by Crippen LogP contribution is 2.29. The van der Waals surface area contributed by atoms with Crippen LogP contribution < -0.4 is 5.73 Å². The van der Waals surface area contributed by atoms with Gasteiger partial charge in [0.2, 0.25) is 0 Å². The van der Waals surface area contributed by atoms with Gasteiger partial charge in [-0.25, -0.2) is 0 Å². The fraction of sp³-hybridized carbons (Fsp3) is 0.625. The molecule has 1 aliphatic carbocycles. The van der Waals surface area contributed by atoms with Crippen molar-refractivity contribution in [3.05, 3.63) is 35.9 Å². The zero-order valence-corrected chi connectivity index (χ0v) is 11.6. The Hall–Kier alpha value is -0.900. The third-order valence-electron chi connectivity index (χ3n) is 3.95. The van der Waals surface area contributed by atoms with Crippen molar-refractivity contribution in [2.24, 2.45) is 5.73 Å². The molecule has 19 heavy (non-hydrogen) atoms. The smallest absolute Gasteiger partial charge is 0.147 e. The molecule has 0 aliphatic heterocycles. The molecule has 0 aromatic heterocycles. The largest absolute Gasteiger partial charge is 0.351 e. The van der Waals surface area contributed by atoms with Crippen LogP contribution in [-0.2, 0) is 16.1 Å². The Kier molecular flexibility index (Phi) is 5.83. The summed E-state index contributed by atoms with van der Waals surface area (Å²) in [7, 11) is 0. The molecule has 3 heteroatoms. The Morgan fingerprint density at radius 2 is 1.68 bits per heavy atom. The molecule has 2 rings (SSSR count). The molecule has 0 atom stereocenters. The molecular weight excluding hydrogens is 238 g/mol. The number of hydrogen-bond acceptors (Lipinski definition) is 3. The molecule has 0 unspecified atom stereocenters. The molecule has 0 radical (unpaired) electrons. The van der Waals surface area contributed by atoms with E-state index in [0.29, 0.717) is 19.9 Å². The SMILES string of the molecule is NCC1(OCOCc2ccccc2)CCCCCC1. The van der Waals surface area contributed by atoms with Crippen LogP contribution in [0.4, 0.5) is 0 Å². The van der Waals surface area contributed by atoms with E-state index in [1.54, 1.807) is 0 Å². The van der Waals surface area contributed by atoms with Crippen molar-refractivity contribution in [1.29, 1.82) is 0 Å². The highest BCUT2D eigenvalue weighted by Gasteiger charge is 2.30. The fourth-order valence-corrected chi connectivity index (χ4v) is 2.68. The van der Waals surface area contributed by atoms with Gasteiger partial charge in [0.05, 0.1) is 12.2 Å². The van der Waals surface area contributed by atoms with Gasteiger partial charge in [-0.2, -0.15) is 0 Å². The van der Waals surface area contributed by atoms with Gasteiger partial charge in [0.1, 0.15) is 6.79 Å². The third kappa shape index (κ3) is 4.60. The monoisotopic (exact) mass is 263 g/mol. The summed E-state index contributed by atoms with van der Waals surface area (Å²) in [6.07, 6.45) is 7.17. The zero-order valence-electron chi connectivity index (χ0n) is 11.6. The highest BCUT2D eigenvalue weighted by atomic mass is 16.7. The van der Waals surface area contributed by atoms with E-state index in [9.17, 15) is 0 Å². The van der Waals surface area contributed by atoms with E-state index < -0.39 is 0 Å². The third-order valence-corrected chi connectivity index (χ3v) is 3.95. The molecular formula is C16H25NO2. The predicted molar refractivity (Wildman–Crippen MR) is 76.7 cm³/mol. The van der Waals surface area contributed by atoms with Gasteiger partial charge < -0.3 is 15.2 Å². The van der Waals surface area contributed by atoms with E-state index in [4.69, 9.17) is 15.2 Å². The van der Waals surface area contributed by atoms with Gasteiger partial charge in [0, 0.05) is 6.54 Å². The summed E-state index contributed by atoms with van der Waals surface area (Å²) in [4.78, 5) is 0. The number of nitrogens with two attached hydrogens (primary N) is 1. The van der Waals surface area contributed by atoms with Gasteiger partial charge >= 0.3 is 0 Å². The van der Waals surface area contributed by atoms with E-state index in [0.717, 1.165) is 12.8 Å². The van der Waals surface area contributed by atoms with Crippen LogP contribution in [0.2, 0.25) is 0 Å². The zero-order chi connectivity index (χ0) is 13.4. The van der Waals surface area contributed by atoms with E-state index in [2.05, 4.69) is 12.1 Å². The average Bonchev–Trinajstić information content (AvgIpc) is 2.71. The lowest BCUT2D eigenvalue weighted by molar-refractivity contribution is -0.148. The van der Waals surface area contributed by atoms with E-state index in [-0.39, 0.29) is 5.60 Å². The molecule has 1 aromatic carbocycles. The van der Waals surface area contributed by atoms with Crippen molar-refractivity contribution < 1.29 is 9.47 Å². The van der Waals surface area contributed by atoms with Gasteiger partial charge in [-0.05, 0) is 18.4 Å². The van der Waals surface area contributed by atoms with Crippen molar-refractivity contribution in [2.75, 3.05) is 13.3 Å². The van der Waals surface area contributed by atoms with Crippen LogP contribution in [-0.4, -0.2) is 18.9 Å². The van der Waals surface area contributed by atoms with E-state index >= 15 is 0 Å². The molecule has 0 bridgehead atoms. The molecule has 3 nitrogen and oxygen atoms in total. The van der Waals surface area contributed by atoms with Crippen LogP contribution in [0.3, 0.4) is 0 Å². The molecule has 0 spiro atoms. The quantitative estimate of drug-likeness (QED) is 0.487. The predicted octanol–water partition coefficient (Wildman–Crippen LogP) is 3.23. The van der Waals surface area contributed by atoms with Crippen LogP contribution in [0.5, 0.6) is 0 Å². The van der Waals surface area contributed by atoms with Crippen molar-refractivity contribution in [2.45, 2.75) is 50.7 Å². The van der Waals surface area contributed by atoms with Gasteiger partial charge in [-0.3, -0.25) is 0 Å². The lowest BCUT2D eigenvalue weighted by Crippen LogP contribution is -2.40. The second-order valence-electron chi connectivity index (χ2n) is 5.40. The Bertz CT molecular complexity index is 345. The first-order chi connectivity index (χ1) is 9.35. The molecule has 0 amide bonds. The first kappa shape index (κ1) is 14.5. The van der Waals surface area contributed by atoms with Gasteiger partial charge in [-0.15, -0.1) is 0 Å². The minimum atomic E-state index is -0.146. The van der Waals surface area contributed by atoms with Crippen molar-refractivity contribution in [3.63, 3.8) is 0 Å². The lowest BCUT2D eigenvalue weighted by atomic mass is 9.94. The van der Waals surface area contributed by atoms with Crippen molar-refractivity contribution >= 4 is 0 Å². The van der Waals surface area contributed by atoms with Crippen molar-refractivity contribution in [1.82, 2.24) is 0 Å². The summed E-state index contributed by atoms with van der Waals surface area (Å²) in [5.74, 6) is 0. The minimum absolute atomic E-state index is 0.146. The normalized spacial score (nSPS) is 19.0. The van der Waals surface area contributed by atoms with Crippen LogP contribution in [0.15, 0.2) is 30.3 Å². The summed E-state index contributed by atoms with van der Waals surface area (Å²) >= 11 is 0. The number of hydrogen-bond donors (Lipinski definition) is 1. The number of ether oxygens (including phenoxy) is 2. The molecule has 1 fully saturated rings. The van der Waals surface area contributed by atoms with Crippen LogP contribution in [0.1, 0.15) is 44.1 Å². The maximum atomic E-state index is 5.97. The van der Waals surface area contributed by atoms with E-state index in [1.165, 1.54) is 31.2 Å². The van der Waals surface area contributed by atoms with Gasteiger partial charge in [0.15, 0.2) is 0 Å². The molecule has 0 saturated heterocycles. The number of rotatable bonds is 6. The maximum Gasteiger partial charge on any atom is 0.147 e. The molecule has 1 saturated carbocycles. The summed E-state index contributed by atoms with van der Waals surface area (Å²) in [6, 6.07) is 10.2. The standard InChI is InChI=1S/C16H25NO2/c17-13-16(10-6-1-2-7-11-16)19-14-18-12-15-8-4-3-5-9-15/h3-5,8-9H,1-2,6-7,10-14,17H2. The molecule has 0 heterocycles. The lowest BCUT2D eigenvalue weighted by Gasteiger charge is -2.31. The Labute approximate surface area is 116 Å². The Morgan fingerprint density at radius 3 is 2.32 bits per heavy atom. The molecule has 106 valence electrons. The second kappa shape index (κ2) is 7.63. The maximum absolute atomic E-state index is 5.97. The second-order valence-corrected chi connectivity index (χ2v) is 5.40. The van der Waals surface area contributed by atoms with E-state index in [1.807, 2.05) is 18.2 Å². The molecule has 2 N–H and O–H groups in total. The minimum Gasteiger partial charge on any atom is -0.351 e. The first-order valence-electron chi connectivity index (χ1n) is 7.30. The first-order valence-corrected chi connectivity index (χ1v) is 7.30. The molecule has 1 aromatic rings. The summed E-state index contributed by atoms with van der Waals surface area (Å²) in [5, 5.41) is 0. The van der Waals surface area contributed by atoms with Crippen LogP contribution in [0.25, 0.3) is 0 Å². The topological polar surface area (TPSA) is 44.5 Å². The average molecular weight is 263 g/mol. The summed E-state index contributed by atoms with van der Waals surface area (Å²) < 4.78 is 11.6. The molecule has 1 aliphatic rings. The van der Waals surface area contributed by atoms with Crippen LogP contribution >= 0.6 is 0 Å². The summed E-state index contributed by atoms with van der Waals surface area (Å²) in [5.41, 5.74) is 6.95. The Morgan fingerprint density at radius 1 is 1.00 bits per heavy atom. The summed E-state index contributed by atoms with van der Waals surface area (Å²) in [6.45, 7) is 1.54. The number of benzene rings is 1. The van der Waals surface area contributed by atoms with Crippen LogP contribution in [0, 0.1) is 0 Å². The van der Waals surface area contributed by atoms with Crippen molar-refractivity contribution in [3.8, 4) is 0 Å².